The Labute approximate surface area is 141 Å². The van der Waals surface area contributed by atoms with Gasteiger partial charge in [-0.15, -0.1) is 0 Å². The van der Waals surface area contributed by atoms with Crippen LogP contribution in [0.15, 0.2) is 36.4 Å². The van der Waals surface area contributed by atoms with Crippen molar-refractivity contribution in [1.29, 1.82) is 0 Å². The van der Waals surface area contributed by atoms with Crippen molar-refractivity contribution in [3.8, 4) is 11.1 Å². The van der Waals surface area contributed by atoms with Crippen LogP contribution < -0.4 is 9.67 Å². The molecule has 0 spiro atoms. The summed E-state index contributed by atoms with van der Waals surface area (Å²) in [6.07, 6.45) is 0. The first-order chi connectivity index (χ1) is 10.7. The van der Waals surface area contributed by atoms with E-state index in [-0.39, 0.29) is 10.0 Å². The minimum absolute atomic E-state index is 0.126. The summed E-state index contributed by atoms with van der Waals surface area (Å²) in [7, 11) is 0. The fraction of sp³-hybridized carbons (Fsp3) is 0.133. The van der Waals surface area contributed by atoms with Crippen LogP contribution in [0.2, 0.25) is 5.02 Å². The van der Waals surface area contributed by atoms with E-state index < -0.39 is 20.1 Å². The van der Waals surface area contributed by atoms with Crippen LogP contribution >= 0.6 is 11.6 Å². The van der Waals surface area contributed by atoms with Crippen molar-refractivity contribution in [1.82, 2.24) is 0 Å². The Hall–Kier alpha value is -1.56. The van der Waals surface area contributed by atoms with Gasteiger partial charge in [-0.3, -0.25) is 0 Å². The first kappa shape index (κ1) is 17.8. The summed E-state index contributed by atoms with van der Waals surface area (Å²) < 4.78 is 26.1. The Kier molecular flexibility index (Phi) is 5.34. The molecule has 0 aliphatic rings. The number of benzene rings is 2. The summed E-state index contributed by atoms with van der Waals surface area (Å²) >= 11 is 0.610. The predicted octanol–water partition coefficient (Wildman–Crippen LogP) is 2.33. The molecular formula is C15H15AsClNO5. The maximum atomic E-state index is 12.3. The summed E-state index contributed by atoms with van der Waals surface area (Å²) in [6.45, 7) is 3.06. The standard InChI is InChI=1S/C15H15AsClNO5/c1-9-7-13(11-3-5-12(17)6-4-11)15(16(20,21)23-22)14(8-9)18-10(2)19/h3-8,22H,1-2H3,(H,18,19)(H,20,21). The third kappa shape index (κ3) is 4.05. The first-order valence-corrected chi connectivity index (χ1v) is 10.3. The predicted molar refractivity (Wildman–Crippen MR) is 87.9 cm³/mol. The van der Waals surface area contributed by atoms with Crippen LogP contribution in [0.1, 0.15) is 12.5 Å². The number of amides is 1. The van der Waals surface area contributed by atoms with Gasteiger partial charge in [-0.25, -0.2) is 0 Å². The number of anilines is 1. The number of hydrogen-bond donors (Lipinski definition) is 3. The summed E-state index contributed by atoms with van der Waals surface area (Å²) in [5.41, 5.74) is 1.87. The van der Waals surface area contributed by atoms with Crippen LogP contribution in [0.25, 0.3) is 11.1 Å². The molecule has 122 valence electrons. The minimum atomic E-state index is -5.26. The zero-order chi connectivity index (χ0) is 17.2. The van der Waals surface area contributed by atoms with E-state index in [1.54, 1.807) is 43.3 Å². The van der Waals surface area contributed by atoms with Gasteiger partial charge in [0.15, 0.2) is 0 Å². The molecular weight excluding hydrogens is 385 g/mol. The second kappa shape index (κ2) is 6.91. The molecule has 0 saturated heterocycles. The number of nitrogens with one attached hydrogen (secondary N) is 1. The molecule has 0 saturated carbocycles. The Bertz CT molecular complexity index is 791. The molecule has 2 aromatic carbocycles. The Morgan fingerprint density at radius 1 is 1.26 bits per heavy atom. The molecule has 8 heteroatoms. The SMILES string of the molecule is CC(=O)Nc1cc(C)cc(-c2ccc(Cl)cc2)c1[As](=O)(O)OO. The molecule has 0 radical (unpaired) electrons. The molecule has 1 unspecified atom stereocenters. The summed E-state index contributed by atoms with van der Waals surface area (Å²) in [5, 5.41) is 11.9. The van der Waals surface area contributed by atoms with E-state index in [2.05, 4.69) is 9.19 Å². The van der Waals surface area contributed by atoms with Crippen molar-refractivity contribution in [2.75, 3.05) is 5.32 Å². The molecule has 1 atom stereocenters. The Balaban J connectivity index is 2.78. The maximum absolute atomic E-state index is 12.3. The number of carbonyl (C=O) groups is 1. The third-order valence-corrected chi connectivity index (χ3v) is 6.03. The second-order valence-electron chi connectivity index (χ2n) is 5.00. The third-order valence-electron chi connectivity index (χ3n) is 3.11. The first-order valence-electron chi connectivity index (χ1n) is 6.59. The van der Waals surface area contributed by atoms with Gasteiger partial charge in [-0.1, -0.05) is 0 Å². The monoisotopic (exact) mass is 399 g/mol. The van der Waals surface area contributed by atoms with Gasteiger partial charge in [0, 0.05) is 0 Å². The van der Waals surface area contributed by atoms with Crippen molar-refractivity contribution in [3.05, 3.63) is 47.0 Å². The van der Waals surface area contributed by atoms with Crippen molar-refractivity contribution in [2.45, 2.75) is 13.8 Å². The molecule has 3 N–H and O–H groups in total. The molecule has 0 fully saturated rings. The molecule has 0 bridgehead atoms. The Morgan fingerprint density at radius 3 is 2.39 bits per heavy atom. The van der Waals surface area contributed by atoms with E-state index in [1.807, 2.05) is 0 Å². The van der Waals surface area contributed by atoms with Crippen LogP contribution in [0.3, 0.4) is 0 Å². The molecule has 0 aliphatic heterocycles. The van der Waals surface area contributed by atoms with Gasteiger partial charge >= 0.3 is 141 Å². The molecule has 23 heavy (non-hydrogen) atoms. The van der Waals surface area contributed by atoms with Crippen LogP contribution in [-0.2, 0) is 12.4 Å². The van der Waals surface area contributed by atoms with Crippen LogP contribution in [0.5, 0.6) is 0 Å². The Morgan fingerprint density at radius 2 is 1.87 bits per heavy atom. The molecule has 0 aliphatic carbocycles. The number of rotatable bonds is 4. The van der Waals surface area contributed by atoms with Gasteiger partial charge < -0.3 is 0 Å². The van der Waals surface area contributed by atoms with Crippen LogP contribution in [-0.4, -0.2) is 29.4 Å². The molecule has 2 rings (SSSR count). The van der Waals surface area contributed by atoms with Gasteiger partial charge in [0.25, 0.3) is 0 Å². The number of carbonyl (C=O) groups excluding carboxylic acids is 1. The van der Waals surface area contributed by atoms with Crippen molar-refractivity contribution < 1.29 is 21.8 Å². The van der Waals surface area contributed by atoms with Gasteiger partial charge in [-0.05, 0) is 0 Å². The quantitative estimate of drug-likeness (QED) is 0.417. The van der Waals surface area contributed by atoms with E-state index in [0.717, 1.165) is 5.56 Å². The number of aryl methyl sites for hydroxylation is 1. The molecule has 0 aromatic heterocycles. The molecule has 0 heterocycles. The molecule has 1 amide bonds. The average molecular weight is 400 g/mol. The number of halogens is 1. The summed E-state index contributed by atoms with van der Waals surface area (Å²) in [6, 6.07) is 9.83. The fourth-order valence-electron chi connectivity index (χ4n) is 2.26. The van der Waals surface area contributed by atoms with Crippen LogP contribution in [0, 0.1) is 6.92 Å². The van der Waals surface area contributed by atoms with E-state index in [1.165, 1.54) is 6.92 Å². The van der Waals surface area contributed by atoms with Crippen LogP contribution in [0.4, 0.5) is 5.69 Å². The van der Waals surface area contributed by atoms with Crippen molar-refractivity contribution in [2.24, 2.45) is 0 Å². The van der Waals surface area contributed by atoms with E-state index in [0.29, 0.717) is 16.1 Å². The van der Waals surface area contributed by atoms with Crippen molar-refractivity contribution >= 4 is 41.7 Å². The molecule has 2 aromatic rings. The number of hydrogen-bond acceptors (Lipinski definition) is 4. The van der Waals surface area contributed by atoms with E-state index >= 15 is 0 Å². The van der Waals surface area contributed by atoms with E-state index in [9.17, 15) is 12.6 Å². The van der Waals surface area contributed by atoms with Gasteiger partial charge in [0.05, 0.1) is 0 Å². The van der Waals surface area contributed by atoms with Gasteiger partial charge in [0.1, 0.15) is 0 Å². The topological polar surface area (TPSA) is 95.9 Å². The zero-order valence-electron chi connectivity index (χ0n) is 12.4. The van der Waals surface area contributed by atoms with Crippen molar-refractivity contribution in [3.63, 3.8) is 0 Å². The normalized spacial score (nSPS) is 13.4. The zero-order valence-corrected chi connectivity index (χ0v) is 15.0. The van der Waals surface area contributed by atoms with Gasteiger partial charge in [-0.2, -0.15) is 0 Å². The fourth-order valence-corrected chi connectivity index (χ4v) is 4.49. The summed E-state index contributed by atoms with van der Waals surface area (Å²) in [5.74, 6) is -0.410. The van der Waals surface area contributed by atoms with Gasteiger partial charge in [0.2, 0.25) is 0 Å². The summed E-state index contributed by atoms with van der Waals surface area (Å²) in [4.78, 5) is 11.4. The molecule has 6 nitrogen and oxygen atoms in total. The van der Waals surface area contributed by atoms with E-state index in [4.69, 9.17) is 16.9 Å². The average Bonchev–Trinajstić information content (AvgIpc) is 2.46. The second-order valence-corrected chi connectivity index (χ2v) is 8.90.